The zero-order valence-corrected chi connectivity index (χ0v) is 10.9. The molecule has 0 aliphatic heterocycles. The minimum absolute atomic E-state index is 0.0926. The maximum absolute atomic E-state index is 11.8. The maximum Gasteiger partial charge on any atom is 0.265 e. The summed E-state index contributed by atoms with van der Waals surface area (Å²) in [6.07, 6.45) is 3.29. The summed E-state index contributed by atoms with van der Waals surface area (Å²) < 4.78 is 0.775. The first-order valence-corrected chi connectivity index (χ1v) is 6.25. The molecule has 1 N–H and O–H groups in total. The Morgan fingerprint density at radius 2 is 2.25 bits per heavy atom. The van der Waals surface area contributed by atoms with Crippen LogP contribution < -0.4 is 5.32 Å². The molecule has 82 valence electrons. The number of anilines is 1. The highest BCUT2D eigenvalue weighted by Gasteiger charge is 2.09. The van der Waals surface area contributed by atoms with Gasteiger partial charge in [-0.15, -0.1) is 11.3 Å². The number of hydrogen-bond acceptors (Lipinski definition) is 3. The van der Waals surface area contributed by atoms with Crippen molar-refractivity contribution in [2.75, 3.05) is 5.32 Å². The van der Waals surface area contributed by atoms with Gasteiger partial charge in [-0.25, -0.2) is 0 Å². The van der Waals surface area contributed by atoms with Crippen molar-refractivity contribution in [3.05, 3.63) is 44.8 Å². The first-order chi connectivity index (χ1) is 7.66. The second-order valence-corrected chi connectivity index (χ2v) is 5.36. The molecule has 1 amide bonds. The quantitative estimate of drug-likeness (QED) is 0.922. The first-order valence-electron chi connectivity index (χ1n) is 4.64. The summed E-state index contributed by atoms with van der Waals surface area (Å²) in [6.45, 7) is 1.98. The van der Waals surface area contributed by atoms with E-state index in [0.717, 1.165) is 15.0 Å². The molecule has 0 aromatic carbocycles. The van der Waals surface area contributed by atoms with Crippen LogP contribution in [0.15, 0.2) is 35.1 Å². The Hall–Kier alpha value is -1.20. The highest BCUT2D eigenvalue weighted by molar-refractivity contribution is 9.10. The lowest BCUT2D eigenvalue weighted by molar-refractivity contribution is 0.103. The van der Waals surface area contributed by atoms with Crippen LogP contribution >= 0.6 is 27.3 Å². The van der Waals surface area contributed by atoms with Crippen molar-refractivity contribution in [3.8, 4) is 0 Å². The molecule has 2 rings (SSSR count). The second-order valence-electron chi connectivity index (χ2n) is 3.22. The van der Waals surface area contributed by atoms with Gasteiger partial charge in [-0.3, -0.25) is 9.78 Å². The fourth-order valence-corrected chi connectivity index (χ4v) is 2.33. The van der Waals surface area contributed by atoms with Crippen LogP contribution in [0.4, 0.5) is 5.69 Å². The molecule has 0 fully saturated rings. The number of carbonyl (C=O) groups is 1. The predicted molar refractivity (Wildman–Crippen MR) is 68.9 cm³/mol. The number of amides is 1. The number of halogens is 1. The molecule has 0 unspecified atom stereocenters. The smallest absolute Gasteiger partial charge is 0.265 e. The summed E-state index contributed by atoms with van der Waals surface area (Å²) in [6, 6.07) is 5.51. The van der Waals surface area contributed by atoms with Gasteiger partial charge < -0.3 is 5.32 Å². The van der Waals surface area contributed by atoms with Crippen molar-refractivity contribution >= 4 is 38.9 Å². The van der Waals surface area contributed by atoms with Crippen molar-refractivity contribution in [1.29, 1.82) is 0 Å². The van der Waals surface area contributed by atoms with E-state index >= 15 is 0 Å². The lowest BCUT2D eigenvalue weighted by atomic mass is 10.3. The van der Waals surface area contributed by atoms with Crippen LogP contribution in [0.5, 0.6) is 0 Å². The number of nitrogens with one attached hydrogen (secondary N) is 1. The third-order valence-corrected chi connectivity index (χ3v) is 3.62. The number of carbonyl (C=O) groups excluding carboxylic acids is 1. The molecule has 16 heavy (non-hydrogen) atoms. The second kappa shape index (κ2) is 4.76. The van der Waals surface area contributed by atoms with Gasteiger partial charge in [-0.05, 0) is 41.1 Å². The number of hydrogen-bond donors (Lipinski definition) is 1. The minimum atomic E-state index is -0.0926. The van der Waals surface area contributed by atoms with Crippen molar-refractivity contribution in [2.24, 2.45) is 0 Å². The molecular weight excluding hydrogens is 288 g/mol. The Kier molecular flexibility index (Phi) is 3.36. The zero-order chi connectivity index (χ0) is 11.5. The van der Waals surface area contributed by atoms with E-state index in [0.29, 0.717) is 4.88 Å². The van der Waals surface area contributed by atoms with Gasteiger partial charge in [0.1, 0.15) is 0 Å². The summed E-state index contributed by atoms with van der Waals surface area (Å²) in [4.78, 5) is 17.6. The van der Waals surface area contributed by atoms with Gasteiger partial charge in [0.15, 0.2) is 0 Å². The molecule has 0 aliphatic carbocycles. The summed E-state index contributed by atoms with van der Waals surface area (Å²) in [5.41, 5.74) is 0.728. The van der Waals surface area contributed by atoms with Crippen LogP contribution in [-0.2, 0) is 0 Å². The summed E-state index contributed by atoms with van der Waals surface area (Å²) >= 11 is 4.81. The van der Waals surface area contributed by atoms with E-state index in [1.165, 1.54) is 11.3 Å². The number of rotatable bonds is 2. The van der Waals surface area contributed by atoms with E-state index < -0.39 is 0 Å². The van der Waals surface area contributed by atoms with Crippen LogP contribution in [0, 0.1) is 6.92 Å². The Labute approximate surface area is 106 Å². The zero-order valence-electron chi connectivity index (χ0n) is 8.53. The van der Waals surface area contributed by atoms with Gasteiger partial charge in [0, 0.05) is 17.3 Å². The monoisotopic (exact) mass is 296 g/mol. The molecule has 0 saturated heterocycles. The molecule has 2 aromatic heterocycles. The topological polar surface area (TPSA) is 42.0 Å². The molecule has 0 bridgehead atoms. The summed E-state index contributed by atoms with van der Waals surface area (Å²) in [7, 11) is 0. The fourth-order valence-electron chi connectivity index (χ4n) is 1.22. The molecule has 0 atom stereocenters. The van der Waals surface area contributed by atoms with Gasteiger partial charge in [-0.2, -0.15) is 0 Å². The fraction of sp³-hybridized carbons (Fsp3) is 0.0909. The van der Waals surface area contributed by atoms with Crippen LogP contribution in [0.3, 0.4) is 0 Å². The van der Waals surface area contributed by atoms with Crippen molar-refractivity contribution in [1.82, 2.24) is 4.98 Å². The van der Waals surface area contributed by atoms with E-state index in [9.17, 15) is 4.79 Å². The molecule has 2 heterocycles. The molecular formula is C11H9BrN2OS. The van der Waals surface area contributed by atoms with Gasteiger partial charge in [0.05, 0.1) is 15.0 Å². The van der Waals surface area contributed by atoms with Crippen LogP contribution in [0.25, 0.3) is 0 Å². The van der Waals surface area contributed by atoms with Crippen molar-refractivity contribution in [2.45, 2.75) is 6.92 Å². The Morgan fingerprint density at radius 1 is 1.44 bits per heavy atom. The summed E-state index contributed by atoms with van der Waals surface area (Å²) in [5.74, 6) is -0.0926. The van der Waals surface area contributed by atoms with E-state index in [1.54, 1.807) is 18.5 Å². The lowest BCUT2D eigenvalue weighted by Crippen LogP contribution is -2.10. The molecule has 0 aliphatic rings. The largest absolute Gasteiger partial charge is 0.320 e. The number of thiophene rings is 1. The molecule has 3 nitrogen and oxygen atoms in total. The molecule has 0 spiro atoms. The minimum Gasteiger partial charge on any atom is -0.320 e. The Morgan fingerprint density at radius 3 is 2.88 bits per heavy atom. The van der Waals surface area contributed by atoms with Gasteiger partial charge >= 0.3 is 0 Å². The maximum atomic E-state index is 11.8. The highest BCUT2D eigenvalue weighted by Crippen LogP contribution is 2.22. The van der Waals surface area contributed by atoms with Crippen LogP contribution in [-0.4, -0.2) is 10.9 Å². The number of aromatic nitrogens is 1. The van der Waals surface area contributed by atoms with Crippen LogP contribution in [0.1, 0.15) is 14.5 Å². The molecule has 0 radical (unpaired) electrons. The molecule has 2 aromatic rings. The third kappa shape index (κ3) is 2.48. The Balaban J connectivity index is 2.17. The number of nitrogens with zero attached hydrogens (tertiary/aromatic N) is 1. The highest BCUT2D eigenvalue weighted by atomic mass is 79.9. The van der Waals surface area contributed by atoms with E-state index in [4.69, 9.17) is 0 Å². The standard InChI is InChI=1S/C11H9BrN2OS/c1-7-2-3-10(16-7)11(15)14-9-4-5-13-6-8(9)12/h2-6H,1H3,(H,13,14,15). The van der Waals surface area contributed by atoms with Gasteiger partial charge in [0.2, 0.25) is 0 Å². The Bertz CT molecular complexity index is 524. The van der Waals surface area contributed by atoms with Crippen molar-refractivity contribution < 1.29 is 4.79 Å². The first kappa shape index (κ1) is 11.3. The van der Waals surface area contributed by atoms with E-state index in [2.05, 4.69) is 26.2 Å². The van der Waals surface area contributed by atoms with E-state index in [1.807, 2.05) is 19.1 Å². The third-order valence-electron chi connectivity index (χ3n) is 1.98. The SMILES string of the molecule is Cc1ccc(C(=O)Nc2ccncc2Br)s1. The molecule has 5 heteroatoms. The number of aryl methyl sites for hydroxylation is 1. The average Bonchev–Trinajstić information content (AvgIpc) is 2.68. The summed E-state index contributed by atoms with van der Waals surface area (Å²) in [5, 5.41) is 2.82. The van der Waals surface area contributed by atoms with Gasteiger partial charge in [-0.1, -0.05) is 0 Å². The van der Waals surface area contributed by atoms with E-state index in [-0.39, 0.29) is 5.91 Å². The van der Waals surface area contributed by atoms with Crippen LogP contribution in [0.2, 0.25) is 0 Å². The molecule has 0 saturated carbocycles. The lowest BCUT2D eigenvalue weighted by Gasteiger charge is -2.04. The normalized spacial score (nSPS) is 10.1. The average molecular weight is 297 g/mol. The van der Waals surface area contributed by atoms with Gasteiger partial charge in [0.25, 0.3) is 5.91 Å². The predicted octanol–water partition coefficient (Wildman–Crippen LogP) is 3.47. The van der Waals surface area contributed by atoms with Crippen molar-refractivity contribution in [3.63, 3.8) is 0 Å². The number of pyridine rings is 1.